The number of methoxy groups -OCH3 is 1. The van der Waals surface area contributed by atoms with Crippen LogP contribution in [0.3, 0.4) is 0 Å². The molecule has 0 unspecified atom stereocenters. The summed E-state index contributed by atoms with van der Waals surface area (Å²) in [6, 6.07) is 6.13. The second kappa shape index (κ2) is 11.8. The molecule has 29 heavy (non-hydrogen) atoms. The van der Waals surface area contributed by atoms with E-state index in [1.807, 2.05) is 17.9 Å². The second-order valence-electron chi connectivity index (χ2n) is 7.84. The molecule has 1 aromatic carbocycles. The Balaban J connectivity index is 1.74. The van der Waals surface area contributed by atoms with E-state index in [1.165, 1.54) is 0 Å². The molecule has 1 N–H and O–H groups in total. The van der Waals surface area contributed by atoms with Crippen molar-refractivity contribution in [3.05, 3.63) is 29.3 Å². The predicted molar refractivity (Wildman–Crippen MR) is 113 cm³/mol. The molecule has 1 aromatic rings. The topological polar surface area (TPSA) is 71.1 Å². The van der Waals surface area contributed by atoms with Crippen LogP contribution in [0.15, 0.2) is 18.2 Å². The molecule has 2 amide bonds. The second-order valence-corrected chi connectivity index (χ2v) is 7.84. The molecule has 1 aliphatic rings. The van der Waals surface area contributed by atoms with Gasteiger partial charge in [0.2, 0.25) is 5.91 Å². The smallest absolute Gasteiger partial charge is 0.260 e. The first kappa shape index (κ1) is 23.2. The maximum absolute atomic E-state index is 12.6. The summed E-state index contributed by atoms with van der Waals surface area (Å²) in [6.07, 6.45) is 0.810. The average Bonchev–Trinajstić information content (AvgIpc) is 2.70. The van der Waals surface area contributed by atoms with Gasteiger partial charge < -0.3 is 19.7 Å². The minimum atomic E-state index is -0.00937. The number of aryl methyl sites for hydroxylation is 1. The Morgan fingerprint density at radius 2 is 1.90 bits per heavy atom. The highest BCUT2D eigenvalue weighted by Gasteiger charge is 2.23. The lowest BCUT2D eigenvalue weighted by Crippen LogP contribution is -2.52. The summed E-state index contributed by atoms with van der Waals surface area (Å²) in [7, 11) is 1.65. The molecule has 162 valence electrons. The standard InChI is InChI=1S/C22H35N3O4/c1-17(2)19-7-6-18(3)14-20(19)29-16-22(27)25-11-9-24(10-12-25)15-21(26)23-8-5-13-28-4/h6-7,14,17H,5,8-13,15-16H2,1-4H3,(H,23,26). The van der Waals surface area contributed by atoms with Gasteiger partial charge in [-0.25, -0.2) is 0 Å². The van der Waals surface area contributed by atoms with Crippen LogP contribution >= 0.6 is 0 Å². The number of carbonyl (C=O) groups excluding carboxylic acids is 2. The third-order valence-electron chi connectivity index (χ3n) is 5.08. The summed E-state index contributed by atoms with van der Waals surface area (Å²) >= 11 is 0. The van der Waals surface area contributed by atoms with Crippen molar-refractivity contribution in [2.24, 2.45) is 0 Å². The van der Waals surface area contributed by atoms with E-state index in [1.54, 1.807) is 7.11 Å². The molecule has 1 aliphatic heterocycles. The number of piperazine rings is 1. The van der Waals surface area contributed by atoms with Crippen LogP contribution in [-0.4, -0.2) is 81.2 Å². The van der Waals surface area contributed by atoms with E-state index >= 15 is 0 Å². The maximum Gasteiger partial charge on any atom is 0.260 e. The first-order valence-corrected chi connectivity index (χ1v) is 10.4. The summed E-state index contributed by atoms with van der Waals surface area (Å²) in [4.78, 5) is 28.4. The molecular formula is C22H35N3O4. The number of carbonyl (C=O) groups is 2. The van der Waals surface area contributed by atoms with Crippen LogP contribution in [0.2, 0.25) is 0 Å². The quantitative estimate of drug-likeness (QED) is 0.601. The van der Waals surface area contributed by atoms with Crippen LogP contribution in [-0.2, 0) is 14.3 Å². The summed E-state index contributed by atoms with van der Waals surface area (Å²) in [5.74, 6) is 1.14. The monoisotopic (exact) mass is 405 g/mol. The van der Waals surface area contributed by atoms with Gasteiger partial charge in [-0.15, -0.1) is 0 Å². The van der Waals surface area contributed by atoms with Crippen LogP contribution in [0, 0.1) is 6.92 Å². The van der Waals surface area contributed by atoms with E-state index in [2.05, 4.69) is 36.2 Å². The number of amides is 2. The fraction of sp³-hybridized carbons (Fsp3) is 0.636. The summed E-state index contributed by atoms with van der Waals surface area (Å²) < 4.78 is 10.8. The van der Waals surface area contributed by atoms with Gasteiger partial charge in [0, 0.05) is 46.4 Å². The largest absolute Gasteiger partial charge is 0.483 e. The molecule has 0 bridgehead atoms. The van der Waals surface area contributed by atoms with E-state index < -0.39 is 0 Å². The van der Waals surface area contributed by atoms with E-state index in [-0.39, 0.29) is 18.4 Å². The lowest BCUT2D eigenvalue weighted by molar-refractivity contribution is -0.135. The van der Waals surface area contributed by atoms with Crippen molar-refractivity contribution in [1.29, 1.82) is 0 Å². The molecule has 0 aromatic heterocycles. The van der Waals surface area contributed by atoms with Crippen molar-refractivity contribution in [2.75, 3.05) is 59.6 Å². The lowest BCUT2D eigenvalue weighted by atomic mass is 10.0. The Kier molecular flexibility index (Phi) is 9.41. The molecule has 2 rings (SSSR count). The third-order valence-corrected chi connectivity index (χ3v) is 5.08. The number of hydrogen-bond acceptors (Lipinski definition) is 5. The van der Waals surface area contributed by atoms with Gasteiger partial charge in [-0.3, -0.25) is 14.5 Å². The van der Waals surface area contributed by atoms with Gasteiger partial charge in [-0.05, 0) is 36.5 Å². The fourth-order valence-electron chi connectivity index (χ4n) is 3.33. The minimum Gasteiger partial charge on any atom is -0.483 e. The molecule has 0 saturated carbocycles. The molecule has 0 atom stereocenters. The van der Waals surface area contributed by atoms with E-state index in [9.17, 15) is 9.59 Å². The van der Waals surface area contributed by atoms with E-state index in [0.717, 1.165) is 23.3 Å². The van der Waals surface area contributed by atoms with Crippen LogP contribution in [0.4, 0.5) is 0 Å². The minimum absolute atomic E-state index is 0.00937. The first-order chi connectivity index (χ1) is 13.9. The molecule has 7 nitrogen and oxygen atoms in total. The van der Waals surface area contributed by atoms with Gasteiger partial charge >= 0.3 is 0 Å². The Morgan fingerprint density at radius 1 is 1.17 bits per heavy atom. The van der Waals surface area contributed by atoms with Gasteiger partial charge in [0.15, 0.2) is 6.61 Å². The van der Waals surface area contributed by atoms with E-state index in [0.29, 0.717) is 51.8 Å². The maximum atomic E-state index is 12.6. The van der Waals surface area contributed by atoms with Crippen LogP contribution in [0.5, 0.6) is 5.75 Å². The Labute approximate surface area is 174 Å². The highest BCUT2D eigenvalue weighted by molar-refractivity contribution is 5.79. The van der Waals surface area contributed by atoms with Crippen molar-refractivity contribution in [1.82, 2.24) is 15.1 Å². The molecule has 0 spiro atoms. The molecular weight excluding hydrogens is 370 g/mol. The SMILES string of the molecule is COCCCNC(=O)CN1CCN(C(=O)COc2cc(C)ccc2C(C)C)CC1. The number of nitrogens with one attached hydrogen (secondary N) is 1. The lowest BCUT2D eigenvalue weighted by Gasteiger charge is -2.34. The predicted octanol–water partition coefficient (Wildman–Crippen LogP) is 1.79. The molecule has 1 heterocycles. The van der Waals surface area contributed by atoms with Crippen LogP contribution in [0.1, 0.15) is 37.3 Å². The molecule has 1 fully saturated rings. The number of nitrogens with zero attached hydrogens (tertiary/aromatic N) is 2. The molecule has 7 heteroatoms. The third kappa shape index (κ3) is 7.66. The summed E-state index contributed by atoms with van der Waals surface area (Å²) in [5, 5.41) is 2.89. The Bertz CT molecular complexity index is 670. The Hall–Kier alpha value is -2.12. The number of benzene rings is 1. The van der Waals surface area contributed by atoms with Crippen LogP contribution < -0.4 is 10.1 Å². The van der Waals surface area contributed by atoms with Crippen molar-refractivity contribution in [2.45, 2.75) is 33.1 Å². The van der Waals surface area contributed by atoms with Crippen molar-refractivity contribution < 1.29 is 19.1 Å². The van der Waals surface area contributed by atoms with Gasteiger partial charge in [-0.2, -0.15) is 0 Å². The van der Waals surface area contributed by atoms with Gasteiger partial charge in [0.25, 0.3) is 5.91 Å². The average molecular weight is 406 g/mol. The molecule has 1 saturated heterocycles. The summed E-state index contributed by atoms with van der Waals surface area (Å²) in [5.41, 5.74) is 2.23. The highest BCUT2D eigenvalue weighted by atomic mass is 16.5. The number of hydrogen-bond donors (Lipinski definition) is 1. The zero-order valence-corrected chi connectivity index (χ0v) is 18.2. The zero-order valence-electron chi connectivity index (χ0n) is 18.2. The van der Waals surface area contributed by atoms with Crippen molar-refractivity contribution >= 4 is 11.8 Å². The number of ether oxygens (including phenoxy) is 2. The van der Waals surface area contributed by atoms with E-state index in [4.69, 9.17) is 9.47 Å². The van der Waals surface area contributed by atoms with Crippen molar-refractivity contribution in [3.63, 3.8) is 0 Å². The number of rotatable bonds is 10. The fourth-order valence-corrected chi connectivity index (χ4v) is 3.33. The zero-order chi connectivity index (χ0) is 21.2. The summed E-state index contributed by atoms with van der Waals surface area (Å²) in [6.45, 7) is 10.6. The van der Waals surface area contributed by atoms with Gasteiger partial charge in [0.05, 0.1) is 6.54 Å². The van der Waals surface area contributed by atoms with Crippen molar-refractivity contribution in [3.8, 4) is 5.75 Å². The van der Waals surface area contributed by atoms with Gasteiger partial charge in [-0.1, -0.05) is 26.0 Å². The molecule has 0 aliphatic carbocycles. The Morgan fingerprint density at radius 3 is 2.55 bits per heavy atom. The molecule has 0 radical (unpaired) electrons. The van der Waals surface area contributed by atoms with Gasteiger partial charge in [0.1, 0.15) is 5.75 Å². The first-order valence-electron chi connectivity index (χ1n) is 10.4. The van der Waals surface area contributed by atoms with Crippen LogP contribution in [0.25, 0.3) is 0 Å². The normalized spacial score (nSPS) is 14.9. The highest BCUT2D eigenvalue weighted by Crippen LogP contribution is 2.27.